The number of halogens is 1. The molecule has 0 saturated heterocycles. The lowest BCUT2D eigenvalue weighted by Gasteiger charge is -2.08. The number of benzene rings is 2. The van der Waals surface area contributed by atoms with Gasteiger partial charge in [-0.1, -0.05) is 29.4 Å². The summed E-state index contributed by atoms with van der Waals surface area (Å²) in [5.74, 6) is -0.233. The molecule has 172 valence electrons. The summed E-state index contributed by atoms with van der Waals surface area (Å²) in [6.07, 6.45) is 0.0203. The van der Waals surface area contributed by atoms with E-state index in [0.717, 1.165) is 22.9 Å². The molecule has 0 radical (unpaired) electrons. The molecule has 2 N–H and O–H groups in total. The molecule has 0 aliphatic heterocycles. The zero-order valence-corrected chi connectivity index (χ0v) is 19.7. The topological polar surface area (TPSA) is 132 Å². The van der Waals surface area contributed by atoms with Gasteiger partial charge in [-0.2, -0.15) is 0 Å². The predicted octanol–water partition coefficient (Wildman–Crippen LogP) is 3.91. The Morgan fingerprint density at radius 2 is 1.85 bits per heavy atom. The lowest BCUT2D eigenvalue weighted by atomic mass is 10.1. The molecule has 3 aromatic rings. The number of aromatic nitrogens is 3. The average molecular weight is 489 g/mol. The Hall–Kier alpha value is -3.44. The Balaban J connectivity index is 1.57. The third-order valence-electron chi connectivity index (χ3n) is 4.80. The van der Waals surface area contributed by atoms with Crippen LogP contribution < -0.4 is 10.6 Å². The first-order valence-corrected chi connectivity index (χ1v) is 11.1. The third kappa shape index (κ3) is 6.30. The summed E-state index contributed by atoms with van der Waals surface area (Å²) in [6.45, 7) is 3.97. The van der Waals surface area contributed by atoms with E-state index in [1.165, 1.54) is 18.2 Å². The van der Waals surface area contributed by atoms with Crippen LogP contribution in [-0.2, 0) is 23.1 Å². The van der Waals surface area contributed by atoms with Gasteiger partial charge in [-0.05, 0) is 43.2 Å². The predicted molar refractivity (Wildman–Crippen MR) is 127 cm³/mol. The summed E-state index contributed by atoms with van der Waals surface area (Å²) in [4.78, 5) is 35.0. The molecule has 1 heterocycles. The normalized spacial score (nSPS) is 10.7. The molecular formula is C21H21ClN6O4S. The summed E-state index contributed by atoms with van der Waals surface area (Å²) in [5.41, 5.74) is 2.89. The van der Waals surface area contributed by atoms with E-state index in [2.05, 4.69) is 20.8 Å². The van der Waals surface area contributed by atoms with Crippen LogP contribution in [0.4, 0.5) is 17.1 Å². The van der Waals surface area contributed by atoms with Crippen molar-refractivity contribution in [2.75, 3.05) is 16.4 Å². The van der Waals surface area contributed by atoms with Crippen molar-refractivity contribution < 1.29 is 14.5 Å². The molecule has 3 rings (SSSR count). The second kappa shape index (κ2) is 10.5. The molecule has 0 spiro atoms. The van der Waals surface area contributed by atoms with Crippen LogP contribution >= 0.6 is 23.4 Å². The number of hydrogen-bond acceptors (Lipinski definition) is 7. The van der Waals surface area contributed by atoms with Gasteiger partial charge < -0.3 is 15.2 Å². The highest BCUT2D eigenvalue weighted by Crippen LogP contribution is 2.27. The van der Waals surface area contributed by atoms with E-state index >= 15 is 0 Å². The minimum Gasteiger partial charge on any atom is -0.326 e. The molecule has 0 saturated carbocycles. The van der Waals surface area contributed by atoms with Crippen molar-refractivity contribution in [1.29, 1.82) is 0 Å². The maximum absolute atomic E-state index is 12.4. The number of nitro benzene ring substituents is 1. The van der Waals surface area contributed by atoms with Crippen molar-refractivity contribution in [3.63, 3.8) is 0 Å². The van der Waals surface area contributed by atoms with Crippen LogP contribution in [-0.4, -0.2) is 37.3 Å². The van der Waals surface area contributed by atoms with Gasteiger partial charge in [0.15, 0.2) is 5.16 Å². The van der Waals surface area contributed by atoms with Gasteiger partial charge in [-0.15, -0.1) is 10.2 Å². The first kappa shape index (κ1) is 24.2. The van der Waals surface area contributed by atoms with Crippen LogP contribution in [0, 0.1) is 24.0 Å². The van der Waals surface area contributed by atoms with Crippen molar-refractivity contribution >= 4 is 52.2 Å². The molecule has 10 nitrogen and oxygen atoms in total. The van der Waals surface area contributed by atoms with Crippen molar-refractivity contribution in [2.45, 2.75) is 25.4 Å². The standard InChI is InChI=1S/C21H21ClN6O4S/c1-12-4-5-14(8-13(12)2)23-19(29)10-18-25-26-21(27(18)3)33-11-20(30)24-17-9-15(28(31)32)6-7-16(17)22/h4-9H,10-11H2,1-3H3,(H,23,29)(H,24,30). The van der Waals surface area contributed by atoms with Gasteiger partial charge in [0, 0.05) is 24.9 Å². The van der Waals surface area contributed by atoms with E-state index in [-0.39, 0.29) is 34.5 Å². The molecule has 1 aromatic heterocycles. The minimum atomic E-state index is -0.571. The van der Waals surface area contributed by atoms with Gasteiger partial charge in [-0.25, -0.2) is 0 Å². The average Bonchev–Trinajstić information content (AvgIpc) is 3.10. The number of carbonyl (C=O) groups is 2. The van der Waals surface area contributed by atoms with Gasteiger partial charge in [0.05, 0.1) is 27.8 Å². The number of aryl methyl sites for hydroxylation is 2. The number of non-ortho nitro benzene ring substituents is 1. The Labute approximate surface area is 198 Å². The van der Waals surface area contributed by atoms with E-state index in [1.54, 1.807) is 11.6 Å². The van der Waals surface area contributed by atoms with Crippen LogP contribution in [0.5, 0.6) is 0 Å². The van der Waals surface area contributed by atoms with Crippen molar-refractivity contribution in [3.8, 4) is 0 Å². The van der Waals surface area contributed by atoms with Crippen LogP contribution in [0.1, 0.15) is 17.0 Å². The maximum Gasteiger partial charge on any atom is 0.271 e. The first-order chi connectivity index (χ1) is 15.6. The zero-order chi connectivity index (χ0) is 24.1. The number of nitro groups is 1. The van der Waals surface area contributed by atoms with Crippen molar-refractivity contribution in [3.05, 3.63) is 68.5 Å². The minimum absolute atomic E-state index is 0.0203. The van der Waals surface area contributed by atoms with Crippen molar-refractivity contribution in [2.24, 2.45) is 7.05 Å². The van der Waals surface area contributed by atoms with Crippen LogP contribution in [0.3, 0.4) is 0 Å². The smallest absolute Gasteiger partial charge is 0.271 e. The van der Waals surface area contributed by atoms with Gasteiger partial charge in [-0.3, -0.25) is 19.7 Å². The molecule has 0 bridgehead atoms. The van der Waals surface area contributed by atoms with E-state index in [1.807, 2.05) is 32.0 Å². The summed E-state index contributed by atoms with van der Waals surface area (Å²) >= 11 is 7.12. The highest BCUT2D eigenvalue weighted by molar-refractivity contribution is 7.99. The Kier molecular flexibility index (Phi) is 7.67. The molecule has 33 heavy (non-hydrogen) atoms. The lowest BCUT2D eigenvalue weighted by molar-refractivity contribution is -0.384. The van der Waals surface area contributed by atoms with Gasteiger partial charge >= 0.3 is 0 Å². The molecule has 0 unspecified atom stereocenters. The molecule has 0 fully saturated rings. The lowest BCUT2D eigenvalue weighted by Crippen LogP contribution is -2.17. The highest BCUT2D eigenvalue weighted by Gasteiger charge is 2.16. The maximum atomic E-state index is 12.4. The number of carbonyl (C=O) groups excluding carboxylic acids is 2. The second-order valence-corrected chi connectivity index (χ2v) is 8.59. The van der Waals surface area contributed by atoms with Crippen molar-refractivity contribution in [1.82, 2.24) is 14.8 Å². The number of nitrogens with zero attached hydrogens (tertiary/aromatic N) is 4. The largest absolute Gasteiger partial charge is 0.326 e. The second-order valence-electron chi connectivity index (χ2n) is 7.24. The summed E-state index contributed by atoms with van der Waals surface area (Å²) in [6, 6.07) is 9.47. The molecule has 2 amide bonds. The molecule has 2 aromatic carbocycles. The fourth-order valence-corrected chi connectivity index (χ4v) is 3.73. The van der Waals surface area contributed by atoms with Crippen LogP contribution in [0.25, 0.3) is 0 Å². The number of amides is 2. The molecule has 0 atom stereocenters. The monoisotopic (exact) mass is 488 g/mol. The van der Waals surface area contributed by atoms with E-state index in [9.17, 15) is 19.7 Å². The number of rotatable bonds is 8. The van der Waals surface area contributed by atoms with Crippen LogP contribution in [0.15, 0.2) is 41.6 Å². The zero-order valence-electron chi connectivity index (χ0n) is 18.1. The Morgan fingerprint density at radius 3 is 2.55 bits per heavy atom. The number of nitrogens with one attached hydrogen (secondary N) is 2. The number of hydrogen-bond donors (Lipinski definition) is 2. The first-order valence-electron chi connectivity index (χ1n) is 9.76. The summed E-state index contributed by atoms with van der Waals surface area (Å²) in [5, 5.41) is 25.0. The Morgan fingerprint density at radius 1 is 1.09 bits per heavy atom. The van der Waals surface area contributed by atoms with Crippen LogP contribution in [0.2, 0.25) is 5.02 Å². The van der Waals surface area contributed by atoms with E-state index in [0.29, 0.717) is 16.7 Å². The third-order valence-corrected chi connectivity index (χ3v) is 6.15. The fourth-order valence-electron chi connectivity index (χ4n) is 2.83. The Bertz CT molecular complexity index is 1230. The quantitative estimate of drug-likeness (QED) is 0.279. The van der Waals surface area contributed by atoms with Gasteiger partial charge in [0.25, 0.3) is 5.69 Å². The fraction of sp³-hybridized carbons (Fsp3) is 0.238. The summed E-state index contributed by atoms with van der Waals surface area (Å²) in [7, 11) is 1.70. The number of thioether (sulfide) groups is 1. The highest BCUT2D eigenvalue weighted by atomic mass is 35.5. The van der Waals surface area contributed by atoms with E-state index < -0.39 is 10.8 Å². The SMILES string of the molecule is Cc1ccc(NC(=O)Cc2nnc(SCC(=O)Nc3cc([N+](=O)[O-])ccc3Cl)n2C)cc1C. The molecule has 12 heteroatoms. The van der Waals surface area contributed by atoms with Gasteiger partial charge in [0.2, 0.25) is 11.8 Å². The van der Waals surface area contributed by atoms with Gasteiger partial charge in [0.1, 0.15) is 5.82 Å². The molecule has 0 aliphatic carbocycles. The summed E-state index contributed by atoms with van der Waals surface area (Å²) < 4.78 is 1.64. The van der Waals surface area contributed by atoms with E-state index in [4.69, 9.17) is 11.6 Å². The number of anilines is 2. The molecule has 0 aliphatic rings. The molecular weight excluding hydrogens is 468 g/mol.